The number of ether oxygens (including phenoxy) is 1. The van der Waals surface area contributed by atoms with Crippen LogP contribution in [0.1, 0.15) is 35.8 Å². The molecule has 0 unspecified atom stereocenters. The van der Waals surface area contributed by atoms with E-state index in [1.807, 2.05) is 18.8 Å². The van der Waals surface area contributed by atoms with Crippen LogP contribution in [0.5, 0.6) is 11.6 Å². The Bertz CT molecular complexity index is 1260. The number of hydrogen-bond acceptors (Lipinski definition) is 7. The molecule has 0 radical (unpaired) electrons. The maximum atomic E-state index is 12.0. The molecular weight excluding hydrogens is 425 g/mol. The minimum absolute atomic E-state index is 0.000787. The van der Waals surface area contributed by atoms with Gasteiger partial charge in [-0.2, -0.15) is 9.78 Å². The van der Waals surface area contributed by atoms with Crippen LogP contribution in [-0.2, 0) is 0 Å². The minimum atomic E-state index is -0.913. The van der Waals surface area contributed by atoms with Gasteiger partial charge in [0.25, 0.3) is 11.1 Å². The van der Waals surface area contributed by atoms with Crippen molar-refractivity contribution in [1.82, 2.24) is 25.0 Å². The fraction of sp³-hybridized carbons (Fsp3) is 0.176. The van der Waals surface area contributed by atoms with E-state index < -0.39 is 16.9 Å². The van der Waals surface area contributed by atoms with Crippen LogP contribution in [0.15, 0.2) is 32.6 Å². The Balaban J connectivity index is 2.05. The number of benzene rings is 1. The molecule has 0 spiro atoms. The molecule has 2 aromatic heterocycles. The maximum absolute atomic E-state index is 12.0. The van der Waals surface area contributed by atoms with Crippen molar-refractivity contribution in [3.05, 3.63) is 70.7 Å². The normalized spacial score (nSPS) is 10.9. The molecule has 29 heavy (non-hydrogen) atoms. The number of nitrogens with zero attached hydrogens (tertiary/aromatic N) is 3. The lowest BCUT2D eigenvalue weighted by atomic mass is 10.1. The molecule has 3 aromatic rings. The van der Waals surface area contributed by atoms with Crippen molar-refractivity contribution < 1.29 is 9.53 Å². The van der Waals surface area contributed by atoms with Gasteiger partial charge >= 0.3 is 5.69 Å². The Morgan fingerprint density at radius 2 is 1.76 bits per heavy atom. The monoisotopic (exact) mass is 437 g/mol. The summed E-state index contributed by atoms with van der Waals surface area (Å²) in [5.41, 5.74) is -2.07. The number of aldehydes is 1. The third kappa shape index (κ3) is 4.13. The van der Waals surface area contributed by atoms with Crippen molar-refractivity contribution in [3.8, 4) is 17.3 Å². The molecule has 0 amide bonds. The second-order valence-corrected chi connectivity index (χ2v) is 6.97. The second kappa shape index (κ2) is 8.02. The molecule has 0 fully saturated rings. The van der Waals surface area contributed by atoms with Crippen molar-refractivity contribution in [2.75, 3.05) is 0 Å². The van der Waals surface area contributed by atoms with Gasteiger partial charge in [-0.15, -0.1) is 5.10 Å². The van der Waals surface area contributed by atoms with Crippen LogP contribution in [0, 0.1) is 0 Å². The molecule has 0 aliphatic heterocycles. The van der Waals surface area contributed by atoms with Crippen LogP contribution < -0.4 is 21.5 Å². The largest absolute Gasteiger partial charge is 0.434 e. The van der Waals surface area contributed by atoms with Gasteiger partial charge in [-0.3, -0.25) is 19.4 Å². The first-order valence-electron chi connectivity index (χ1n) is 8.17. The van der Waals surface area contributed by atoms with E-state index in [4.69, 9.17) is 27.9 Å². The number of carbonyl (C=O) groups excluding carboxylic acids is 1. The summed E-state index contributed by atoms with van der Waals surface area (Å²) in [4.78, 5) is 48.2. The van der Waals surface area contributed by atoms with Crippen molar-refractivity contribution in [3.63, 3.8) is 0 Å². The second-order valence-electron chi connectivity index (χ2n) is 6.16. The molecule has 0 saturated heterocycles. The number of aromatic nitrogens is 5. The topological polar surface area (TPSA) is 140 Å². The van der Waals surface area contributed by atoms with E-state index in [9.17, 15) is 19.2 Å². The number of H-pyrrole nitrogens is 2. The molecule has 10 nitrogen and oxygen atoms in total. The van der Waals surface area contributed by atoms with Gasteiger partial charge in [-0.1, -0.05) is 37.0 Å². The van der Waals surface area contributed by atoms with Crippen LogP contribution in [0.2, 0.25) is 10.0 Å². The van der Waals surface area contributed by atoms with Crippen LogP contribution in [-0.4, -0.2) is 31.2 Å². The molecule has 3 rings (SSSR count). The fourth-order valence-electron chi connectivity index (χ4n) is 2.42. The predicted octanol–water partition coefficient (Wildman–Crippen LogP) is 2.04. The summed E-state index contributed by atoms with van der Waals surface area (Å²) in [7, 11) is 0. The van der Waals surface area contributed by atoms with E-state index in [1.54, 1.807) is 0 Å². The van der Waals surface area contributed by atoms with Crippen LogP contribution in [0.4, 0.5) is 0 Å². The van der Waals surface area contributed by atoms with E-state index in [1.165, 1.54) is 18.2 Å². The Hall–Kier alpha value is -3.24. The van der Waals surface area contributed by atoms with Crippen molar-refractivity contribution in [2.24, 2.45) is 0 Å². The highest BCUT2D eigenvalue weighted by Gasteiger charge is 2.16. The third-order valence-electron chi connectivity index (χ3n) is 3.83. The molecule has 150 valence electrons. The first-order chi connectivity index (χ1) is 13.7. The van der Waals surface area contributed by atoms with Gasteiger partial charge in [-0.25, -0.2) is 9.89 Å². The highest BCUT2D eigenvalue weighted by Crippen LogP contribution is 2.37. The molecule has 0 atom stereocenters. The van der Waals surface area contributed by atoms with E-state index >= 15 is 0 Å². The molecule has 0 saturated carbocycles. The van der Waals surface area contributed by atoms with Crippen molar-refractivity contribution >= 4 is 29.5 Å². The molecule has 1 aromatic carbocycles. The number of aromatic amines is 2. The predicted molar refractivity (Wildman–Crippen MR) is 105 cm³/mol. The van der Waals surface area contributed by atoms with E-state index in [0.717, 1.165) is 4.68 Å². The zero-order valence-corrected chi connectivity index (χ0v) is 16.5. The summed E-state index contributed by atoms with van der Waals surface area (Å²) in [6.45, 7) is 3.68. The number of nitrogens with one attached hydrogen (secondary N) is 2. The molecular formula is C17H13Cl2N5O5. The Kier molecular flexibility index (Phi) is 5.66. The number of hydrogen-bond donors (Lipinski definition) is 2. The summed E-state index contributed by atoms with van der Waals surface area (Å²) < 4.78 is 6.37. The van der Waals surface area contributed by atoms with Crippen LogP contribution in [0.25, 0.3) is 5.69 Å². The van der Waals surface area contributed by atoms with Gasteiger partial charge in [0, 0.05) is 11.6 Å². The first-order valence-corrected chi connectivity index (χ1v) is 8.92. The van der Waals surface area contributed by atoms with Gasteiger partial charge in [-0.05, 0) is 18.1 Å². The zero-order chi connectivity index (χ0) is 21.3. The van der Waals surface area contributed by atoms with E-state index in [-0.39, 0.29) is 45.1 Å². The maximum Gasteiger partial charge on any atom is 0.349 e. The highest BCUT2D eigenvalue weighted by atomic mass is 35.5. The molecule has 0 aliphatic carbocycles. The van der Waals surface area contributed by atoms with Gasteiger partial charge in [0.15, 0.2) is 17.7 Å². The first kappa shape index (κ1) is 20.5. The van der Waals surface area contributed by atoms with E-state index in [2.05, 4.69) is 15.3 Å². The summed E-state index contributed by atoms with van der Waals surface area (Å²) in [6.07, 6.45) is 0.212. The average molecular weight is 438 g/mol. The fourth-order valence-corrected chi connectivity index (χ4v) is 2.97. The zero-order valence-electron chi connectivity index (χ0n) is 15.0. The average Bonchev–Trinajstić information content (AvgIpc) is 2.65. The summed E-state index contributed by atoms with van der Waals surface area (Å²) in [5.74, 6) is 0.0227. The van der Waals surface area contributed by atoms with Gasteiger partial charge in [0.1, 0.15) is 0 Å². The van der Waals surface area contributed by atoms with Gasteiger partial charge < -0.3 is 4.74 Å². The number of carbonyl (C=O) groups is 1. The molecule has 12 heteroatoms. The minimum Gasteiger partial charge on any atom is -0.434 e. The smallest absolute Gasteiger partial charge is 0.349 e. The quantitative estimate of drug-likeness (QED) is 0.581. The molecule has 0 bridgehead atoms. The van der Waals surface area contributed by atoms with Crippen LogP contribution >= 0.6 is 23.2 Å². The summed E-state index contributed by atoms with van der Waals surface area (Å²) in [6, 6.07) is 4.08. The highest BCUT2D eigenvalue weighted by molar-refractivity contribution is 6.37. The van der Waals surface area contributed by atoms with Crippen molar-refractivity contribution in [2.45, 2.75) is 19.8 Å². The SMILES string of the molecule is CC(C)c1cc(Oc2c(Cl)cc(-n3nc(C=O)c(=O)[nH]c3=O)cc2Cl)n[nH]c1=O. The lowest BCUT2D eigenvalue weighted by molar-refractivity contribution is 0.111. The number of halogens is 2. The van der Waals surface area contributed by atoms with Gasteiger partial charge in [0.05, 0.1) is 15.7 Å². The lowest BCUT2D eigenvalue weighted by Gasteiger charge is -2.12. The lowest BCUT2D eigenvalue weighted by Crippen LogP contribution is -2.33. The number of rotatable bonds is 5. The van der Waals surface area contributed by atoms with Gasteiger partial charge in [0.2, 0.25) is 5.88 Å². The molecule has 0 aliphatic rings. The standard InChI is InChI=1S/C17H13Cl2N5O5/c1-7(2)9-5-13(21-22-15(9)26)29-14-10(18)3-8(4-11(14)19)24-17(28)20-16(27)12(6-25)23-24/h3-7H,1-2H3,(H,22,26)(H,20,27,28). The summed E-state index contributed by atoms with van der Waals surface area (Å²) in [5, 5.41) is 9.81. The molecule has 2 heterocycles. The third-order valence-corrected chi connectivity index (χ3v) is 4.39. The summed E-state index contributed by atoms with van der Waals surface area (Å²) >= 11 is 12.5. The Labute approximate surface area is 172 Å². The molecule has 2 N–H and O–H groups in total. The van der Waals surface area contributed by atoms with Crippen molar-refractivity contribution in [1.29, 1.82) is 0 Å². The van der Waals surface area contributed by atoms with E-state index in [0.29, 0.717) is 5.56 Å². The Morgan fingerprint density at radius 1 is 1.10 bits per heavy atom. The Morgan fingerprint density at radius 3 is 2.34 bits per heavy atom. The van der Waals surface area contributed by atoms with Crippen LogP contribution in [0.3, 0.4) is 0 Å².